The van der Waals surface area contributed by atoms with Crippen molar-refractivity contribution in [1.29, 1.82) is 0 Å². The molecule has 0 heterocycles. The van der Waals surface area contributed by atoms with Crippen LogP contribution in [0.25, 0.3) is 0 Å². The van der Waals surface area contributed by atoms with Gasteiger partial charge in [0.25, 0.3) is 0 Å². The predicted octanol–water partition coefficient (Wildman–Crippen LogP) is 1.00. The van der Waals surface area contributed by atoms with Gasteiger partial charge in [0.2, 0.25) is 0 Å². The first kappa shape index (κ1) is 9.26. The zero-order valence-corrected chi connectivity index (χ0v) is 7.29. The SMILES string of the molecule is CC1CC(CN)=CCC1C(=O)O. The van der Waals surface area contributed by atoms with Crippen molar-refractivity contribution in [2.45, 2.75) is 19.8 Å². The minimum atomic E-state index is -0.685. The molecule has 1 rings (SSSR count). The van der Waals surface area contributed by atoms with Crippen LogP contribution in [0.3, 0.4) is 0 Å². The van der Waals surface area contributed by atoms with Gasteiger partial charge >= 0.3 is 5.97 Å². The molecule has 0 fully saturated rings. The fraction of sp³-hybridized carbons (Fsp3) is 0.667. The third-order valence-corrected chi connectivity index (χ3v) is 2.51. The van der Waals surface area contributed by atoms with Crippen LogP contribution in [0, 0.1) is 11.8 Å². The molecule has 68 valence electrons. The Morgan fingerprint density at radius 3 is 2.92 bits per heavy atom. The van der Waals surface area contributed by atoms with E-state index in [1.165, 1.54) is 5.57 Å². The molecule has 0 aromatic heterocycles. The summed E-state index contributed by atoms with van der Waals surface area (Å²) in [6, 6.07) is 0. The molecule has 0 radical (unpaired) electrons. The Bertz CT molecular complexity index is 211. The van der Waals surface area contributed by atoms with Crippen LogP contribution in [0.2, 0.25) is 0 Å². The van der Waals surface area contributed by atoms with Crippen LogP contribution in [0.15, 0.2) is 11.6 Å². The monoisotopic (exact) mass is 169 g/mol. The van der Waals surface area contributed by atoms with Gasteiger partial charge in [-0.05, 0) is 18.8 Å². The second-order valence-electron chi connectivity index (χ2n) is 3.43. The summed E-state index contributed by atoms with van der Waals surface area (Å²) in [4.78, 5) is 10.7. The molecule has 3 heteroatoms. The Morgan fingerprint density at radius 2 is 2.50 bits per heavy atom. The fourth-order valence-corrected chi connectivity index (χ4v) is 1.68. The number of aliphatic carboxylic acids is 1. The highest BCUT2D eigenvalue weighted by molar-refractivity contribution is 5.70. The molecule has 0 saturated carbocycles. The van der Waals surface area contributed by atoms with Gasteiger partial charge in [0.15, 0.2) is 0 Å². The molecule has 0 aliphatic heterocycles. The molecule has 0 amide bonds. The summed E-state index contributed by atoms with van der Waals surface area (Å²) in [6.45, 7) is 2.54. The molecule has 0 aromatic rings. The standard InChI is InChI=1S/C9H15NO2/c1-6-4-7(5-10)2-3-8(6)9(11)12/h2,6,8H,3-5,10H2,1H3,(H,11,12). The minimum Gasteiger partial charge on any atom is -0.481 e. The van der Waals surface area contributed by atoms with E-state index < -0.39 is 5.97 Å². The number of hydrogen-bond acceptors (Lipinski definition) is 2. The Balaban J connectivity index is 2.64. The van der Waals surface area contributed by atoms with Gasteiger partial charge in [-0.1, -0.05) is 18.6 Å². The number of carbonyl (C=O) groups is 1. The van der Waals surface area contributed by atoms with Gasteiger partial charge in [-0.25, -0.2) is 0 Å². The smallest absolute Gasteiger partial charge is 0.307 e. The molecule has 0 aromatic carbocycles. The third-order valence-electron chi connectivity index (χ3n) is 2.51. The Kier molecular flexibility index (Phi) is 2.87. The van der Waals surface area contributed by atoms with Crippen molar-refractivity contribution in [1.82, 2.24) is 0 Å². The van der Waals surface area contributed by atoms with Crippen LogP contribution < -0.4 is 5.73 Å². The second kappa shape index (κ2) is 3.72. The molecule has 3 N–H and O–H groups in total. The Hall–Kier alpha value is -0.830. The van der Waals surface area contributed by atoms with Gasteiger partial charge < -0.3 is 10.8 Å². The van der Waals surface area contributed by atoms with E-state index in [0.717, 1.165) is 6.42 Å². The summed E-state index contributed by atoms with van der Waals surface area (Å²) in [6.07, 6.45) is 3.45. The van der Waals surface area contributed by atoms with Gasteiger partial charge in [0, 0.05) is 6.54 Å². The minimum absolute atomic E-state index is 0.208. The van der Waals surface area contributed by atoms with Crippen molar-refractivity contribution in [3.63, 3.8) is 0 Å². The van der Waals surface area contributed by atoms with E-state index in [1.54, 1.807) is 0 Å². The van der Waals surface area contributed by atoms with Crippen molar-refractivity contribution in [3.8, 4) is 0 Å². The van der Waals surface area contributed by atoms with Crippen LogP contribution in [-0.2, 0) is 4.79 Å². The first-order valence-electron chi connectivity index (χ1n) is 4.26. The lowest BCUT2D eigenvalue weighted by molar-refractivity contribution is -0.143. The van der Waals surface area contributed by atoms with Crippen molar-refractivity contribution < 1.29 is 9.90 Å². The summed E-state index contributed by atoms with van der Waals surface area (Å²) in [5.74, 6) is -0.666. The van der Waals surface area contributed by atoms with Gasteiger partial charge in [-0.3, -0.25) is 4.79 Å². The number of rotatable bonds is 2. The average molecular weight is 169 g/mol. The second-order valence-corrected chi connectivity index (χ2v) is 3.43. The zero-order valence-electron chi connectivity index (χ0n) is 7.29. The molecule has 2 atom stereocenters. The van der Waals surface area contributed by atoms with E-state index in [9.17, 15) is 4.79 Å². The number of hydrogen-bond donors (Lipinski definition) is 2. The van der Waals surface area contributed by atoms with E-state index in [0.29, 0.717) is 13.0 Å². The maximum atomic E-state index is 10.7. The molecular weight excluding hydrogens is 154 g/mol. The predicted molar refractivity (Wildman–Crippen MR) is 46.7 cm³/mol. The molecule has 0 spiro atoms. The number of carboxylic acids is 1. The molecule has 1 aliphatic carbocycles. The summed E-state index contributed by atoms with van der Waals surface area (Å²) in [5, 5.41) is 8.81. The van der Waals surface area contributed by atoms with E-state index in [4.69, 9.17) is 10.8 Å². The molecule has 2 unspecified atom stereocenters. The summed E-state index contributed by atoms with van der Waals surface area (Å²) >= 11 is 0. The number of allylic oxidation sites excluding steroid dienone is 1. The molecule has 1 aliphatic rings. The van der Waals surface area contributed by atoms with Crippen LogP contribution in [0.4, 0.5) is 0 Å². The summed E-state index contributed by atoms with van der Waals surface area (Å²) in [7, 11) is 0. The Morgan fingerprint density at radius 1 is 1.83 bits per heavy atom. The van der Waals surface area contributed by atoms with Crippen LogP contribution in [-0.4, -0.2) is 17.6 Å². The molecule has 12 heavy (non-hydrogen) atoms. The van der Waals surface area contributed by atoms with E-state index in [2.05, 4.69) is 0 Å². The van der Waals surface area contributed by atoms with Gasteiger partial charge in [0.1, 0.15) is 0 Å². The first-order valence-corrected chi connectivity index (χ1v) is 4.26. The fourth-order valence-electron chi connectivity index (χ4n) is 1.68. The quantitative estimate of drug-likeness (QED) is 0.606. The maximum Gasteiger partial charge on any atom is 0.307 e. The van der Waals surface area contributed by atoms with E-state index in [-0.39, 0.29) is 11.8 Å². The van der Waals surface area contributed by atoms with Crippen molar-refractivity contribution in [2.24, 2.45) is 17.6 Å². The molecule has 0 bridgehead atoms. The summed E-state index contributed by atoms with van der Waals surface area (Å²) < 4.78 is 0. The first-order chi connectivity index (χ1) is 5.65. The van der Waals surface area contributed by atoms with Gasteiger partial charge in [-0.2, -0.15) is 0 Å². The van der Waals surface area contributed by atoms with Crippen molar-refractivity contribution in [3.05, 3.63) is 11.6 Å². The maximum absolute atomic E-state index is 10.7. The van der Waals surface area contributed by atoms with Crippen LogP contribution >= 0.6 is 0 Å². The number of nitrogens with two attached hydrogens (primary N) is 1. The molecular formula is C9H15NO2. The van der Waals surface area contributed by atoms with E-state index >= 15 is 0 Å². The van der Waals surface area contributed by atoms with Crippen LogP contribution in [0.1, 0.15) is 19.8 Å². The highest BCUT2D eigenvalue weighted by atomic mass is 16.4. The van der Waals surface area contributed by atoms with Crippen molar-refractivity contribution >= 4 is 5.97 Å². The average Bonchev–Trinajstić information content (AvgIpc) is 2.03. The van der Waals surface area contributed by atoms with Gasteiger partial charge in [0.05, 0.1) is 5.92 Å². The lowest BCUT2D eigenvalue weighted by Gasteiger charge is -2.24. The Labute approximate surface area is 72.3 Å². The summed E-state index contributed by atoms with van der Waals surface area (Å²) in [5.41, 5.74) is 6.67. The van der Waals surface area contributed by atoms with Crippen molar-refractivity contribution in [2.75, 3.05) is 6.54 Å². The van der Waals surface area contributed by atoms with Crippen LogP contribution in [0.5, 0.6) is 0 Å². The third kappa shape index (κ3) is 1.85. The lowest BCUT2D eigenvalue weighted by Crippen LogP contribution is -2.25. The van der Waals surface area contributed by atoms with Gasteiger partial charge in [-0.15, -0.1) is 0 Å². The topological polar surface area (TPSA) is 63.3 Å². The number of carboxylic acid groups (broad SMARTS) is 1. The zero-order chi connectivity index (χ0) is 9.14. The lowest BCUT2D eigenvalue weighted by atomic mass is 9.81. The normalized spacial score (nSPS) is 29.7. The van der Waals surface area contributed by atoms with E-state index in [1.807, 2.05) is 13.0 Å². The molecule has 0 saturated heterocycles. The largest absolute Gasteiger partial charge is 0.481 e. The molecule has 3 nitrogen and oxygen atoms in total. The highest BCUT2D eigenvalue weighted by Gasteiger charge is 2.27. The highest BCUT2D eigenvalue weighted by Crippen LogP contribution is 2.28.